The number of carbonyl (C=O) groups excluding carboxylic acids is 2. The van der Waals surface area contributed by atoms with E-state index in [0.717, 1.165) is 44.1 Å². The SMILES string of the molecule is NCCNC(=O)c1cccc(-c2ccc3c(c2)nnc2cc(-c4cccc(C(=O)NCCN)c4)ccc23)c1. The van der Waals surface area contributed by atoms with Crippen molar-refractivity contribution in [3.05, 3.63) is 96.1 Å². The molecule has 4 aromatic carbocycles. The predicted molar refractivity (Wildman–Crippen MR) is 151 cm³/mol. The molecule has 0 saturated heterocycles. The second-order valence-corrected chi connectivity index (χ2v) is 8.91. The van der Waals surface area contributed by atoms with Crippen molar-refractivity contribution in [2.75, 3.05) is 26.2 Å². The van der Waals surface area contributed by atoms with E-state index in [0.29, 0.717) is 37.3 Å². The third-order valence-electron chi connectivity index (χ3n) is 6.33. The topological polar surface area (TPSA) is 136 Å². The summed E-state index contributed by atoms with van der Waals surface area (Å²) in [6.45, 7) is 1.64. The highest BCUT2D eigenvalue weighted by Gasteiger charge is 2.11. The van der Waals surface area contributed by atoms with Crippen LogP contribution in [0.2, 0.25) is 0 Å². The Morgan fingerprint density at radius 1 is 0.579 bits per heavy atom. The van der Waals surface area contributed by atoms with Crippen molar-refractivity contribution >= 4 is 33.6 Å². The minimum Gasteiger partial charge on any atom is -0.351 e. The third-order valence-corrected chi connectivity index (χ3v) is 6.33. The second-order valence-electron chi connectivity index (χ2n) is 8.91. The van der Waals surface area contributed by atoms with Gasteiger partial charge in [0.2, 0.25) is 0 Å². The van der Waals surface area contributed by atoms with Gasteiger partial charge < -0.3 is 22.1 Å². The van der Waals surface area contributed by atoms with Crippen LogP contribution in [-0.4, -0.2) is 48.2 Å². The number of nitrogens with one attached hydrogen (secondary N) is 2. The van der Waals surface area contributed by atoms with Gasteiger partial charge in [0.05, 0.1) is 11.0 Å². The highest BCUT2D eigenvalue weighted by molar-refractivity contribution is 6.06. The van der Waals surface area contributed by atoms with Gasteiger partial charge in [0, 0.05) is 48.1 Å². The highest BCUT2D eigenvalue weighted by Crippen LogP contribution is 2.30. The maximum absolute atomic E-state index is 12.4. The average molecular weight is 505 g/mol. The molecule has 8 heteroatoms. The zero-order valence-corrected chi connectivity index (χ0v) is 20.8. The molecule has 5 aromatic rings. The molecule has 0 aliphatic heterocycles. The maximum atomic E-state index is 12.4. The van der Waals surface area contributed by atoms with Crippen LogP contribution in [-0.2, 0) is 0 Å². The van der Waals surface area contributed by atoms with Gasteiger partial charge >= 0.3 is 0 Å². The minimum atomic E-state index is -0.151. The maximum Gasteiger partial charge on any atom is 0.251 e. The summed E-state index contributed by atoms with van der Waals surface area (Å²) in [6, 6.07) is 27.0. The number of hydrogen-bond acceptors (Lipinski definition) is 6. The number of aromatic nitrogens is 2. The Morgan fingerprint density at radius 3 is 1.42 bits per heavy atom. The molecule has 0 unspecified atom stereocenters. The van der Waals surface area contributed by atoms with Crippen LogP contribution in [0.15, 0.2) is 84.9 Å². The molecule has 1 aromatic heterocycles. The Labute approximate surface area is 220 Å². The first-order valence-electron chi connectivity index (χ1n) is 12.4. The van der Waals surface area contributed by atoms with Gasteiger partial charge in [-0.3, -0.25) is 9.59 Å². The first-order chi connectivity index (χ1) is 18.6. The molecule has 0 fully saturated rings. The lowest BCUT2D eigenvalue weighted by molar-refractivity contribution is 0.0946. The standard InChI is InChI=1S/C30H28N6O2/c31-11-13-33-29(37)23-5-1-3-19(15-23)21-7-9-25-26-10-8-22(18-28(26)36-35-27(25)17-21)20-4-2-6-24(16-20)30(38)34-14-12-32/h1-10,15-18H,11-14,31-32H2,(H,33,37)(H,34,38). The highest BCUT2D eigenvalue weighted by atomic mass is 16.2. The number of carbonyl (C=O) groups is 2. The molecule has 0 saturated carbocycles. The van der Waals surface area contributed by atoms with E-state index in [1.807, 2.05) is 72.8 Å². The summed E-state index contributed by atoms with van der Waals surface area (Å²) in [4.78, 5) is 24.7. The molecule has 0 spiro atoms. The lowest BCUT2D eigenvalue weighted by Crippen LogP contribution is -2.28. The number of benzene rings is 4. The molecule has 0 radical (unpaired) electrons. The quantitative estimate of drug-likeness (QED) is 0.239. The molecule has 5 rings (SSSR count). The smallest absolute Gasteiger partial charge is 0.251 e. The average Bonchev–Trinajstić information content (AvgIpc) is 2.98. The molecule has 2 amide bonds. The van der Waals surface area contributed by atoms with Gasteiger partial charge in [-0.05, 0) is 58.7 Å². The van der Waals surface area contributed by atoms with Crippen LogP contribution in [0, 0.1) is 0 Å². The monoisotopic (exact) mass is 504 g/mol. The van der Waals surface area contributed by atoms with E-state index in [9.17, 15) is 9.59 Å². The Hall–Kier alpha value is -4.66. The van der Waals surface area contributed by atoms with E-state index in [1.165, 1.54) is 0 Å². The molecule has 0 bridgehead atoms. The first-order valence-corrected chi connectivity index (χ1v) is 12.4. The fourth-order valence-electron chi connectivity index (χ4n) is 4.41. The molecular formula is C30H28N6O2. The van der Waals surface area contributed by atoms with Crippen molar-refractivity contribution in [3.63, 3.8) is 0 Å². The molecule has 1 heterocycles. The molecule has 6 N–H and O–H groups in total. The van der Waals surface area contributed by atoms with Crippen LogP contribution in [0.3, 0.4) is 0 Å². The van der Waals surface area contributed by atoms with E-state index in [1.54, 1.807) is 12.1 Å². The lowest BCUT2D eigenvalue weighted by Gasteiger charge is -2.10. The second kappa shape index (κ2) is 11.2. The summed E-state index contributed by atoms with van der Waals surface area (Å²) >= 11 is 0. The number of nitrogens with zero attached hydrogens (tertiary/aromatic N) is 2. The summed E-state index contributed by atoms with van der Waals surface area (Å²) in [5.74, 6) is -0.303. The molecular weight excluding hydrogens is 476 g/mol. The van der Waals surface area contributed by atoms with Crippen LogP contribution in [0.5, 0.6) is 0 Å². The van der Waals surface area contributed by atoms with Crippen LogP contribution < -0.4 is 22.1 Å². The van der Waals surface area contributed by atoms with Crippen LogP contribution in [0.1, 0.15) is 20.7 Å². The van der Waals surface area contributed by atoms with Gasteiger partial charge in [-0.1, -0.05) is 48.5 Å². The van der Waals surface area contributed by atoms with Gasteiger partial charge in [0.25, 0.3) is 11.8 Å². The molecule has 38 heavy (non-hydrogen) atoms. The summed E-state index contributed by atoms with van der Waals surface area (Å²) in [6.07, 6.45) is 0. The van der Waals surface area contributed by atoms with Crippen LogP contribution in [0.25, 0.3) is 44.1 Å². The summed E-state index contributed by atoms with van der Waals surface area (Å²) in [5.41, 5.74) is 17.4. The van der Waals surface area contributed by atoms with E-state index in [-0.39, 0.29) is 11.8 Å². The lowest BCUT2D eigenvalue weighted by atomic mass is 9.98. The fraction of sp³-hybridized carbons (Fsp3) is 0.133. The van der Waals surface area contributed by atoms with Crippen molar-refractivity contribution in [3.8, 4) is 22.3 Å². The Morgan fingerprint density at radius 2 is 1.00 bits per heavy atom. The first kappa shape index (κ1) is 25.0. The molecule has 0 aliphatic carbocycles. The number of fused-ring (bicyclic) bond motifs is 3. The Balaban J connectivity index is 1.46. The van der Waals surface area contributed by atoms with Gasteiger partial charge in [-0.25, -0.2) is 0 Å². The summed E-state index contributed by atoms with van der Waals surface area (Å²) < 4.78 is 0. The Bertz CT molecular complexity index is 1530. The number of amides is 2. The summed E-state index contributed by atoms with van der Waals surface area (Å²) in [7, 11) is 0. The fourth-order valence-corrected chi connectivity index (χ4v) is 4.41. The van der Waals surface area contributed by atoms with Gasteiger partial charge in [-0.15, -0.1) is 10.2 Å². The normalized spacial score (nSPS) is 11.0. The predicted octanol–water partition coefficient (Wildman–Crippen LogP) is 3.49. The number of nitrogens with two attached hydrogens (primary N) is 2. The Kier molecular flexibility index (Phi) is 7.35. The molecule has 0 atom stereocenters. The third kappa shape index (κ3) is 5.22. The van der Waals surface area contributed by atoms with Crippen molar-refractivity contribution in [2.45, 2.75) is 0 Å². The van der Waals surface area contributed by atoms with E-state index >= 15 is 0 Å². The number of rotatable bonds is 8. The van der Waals surface area contributed by atoms with Crippen LogP contribution in [0.4, 0.5) is 0 Å². The minimum absolute atomic E-state index is 0.151. The zero-order valence-electron chi connectivity index (χ0n) is 20.8. The van der Waals surface area contributed by atoms with E-state index < -0.39 is 0 Å². The van der Waals surface area contributed by atoms with Gasteiger partial charge in [0.15, 0.2) is 0 Å². The molecule has 0 aliphatic rings. The van der Waals surface area contributed by atoms with Crippen molar-refractivity contribution < 1.29 is 9.59 Å². The van der Waals surface area contributed by atoms with Crippen LogP contribution >= 0.6 is 0 Å². The van der Waals surface area contributed by atoms with Crippen molar-refractivity contribution in [2.24, 2.45) is 11.5 Å². The van der Waals surface area contributed by atoms with E-state index in [4.69, 9.17) is 11.5 Å². The van der Waals surface area contributed by atoms with Crippen molar-refractivity contribution in [1.29, 1.82) is 0 Å². The van der Waals surface area contributed by atoms with Crippen molar-refractivity contribution in [1.82, 2.24) is 20.8 Å². The summed E-state index contributed by atoms with van der Waals surface area (Å²) in [5, 5.41) is 16.5. The zero-order chi connectivity index (χ0) is 26.5. The number of hydrogen-bond donors (Lipinski definition) is 4. The van der Waals surface area contributed by atoms with E-state index in [2.05, 4.69) is 20.8 Å². The van der Waals surface area contributed by atoms with Gasteiger partial charge in [0.1, 0.15) is 0 Å². The van der Waals surface area contributed by atoms with Gasteiger partial charge in [-0.2, -0.15) is 0 Å². The largest absolute Gasteiger partial charge is 0.351 e. The molecule has 8 nitrogen and oxygen atoms in total. The molecule has 190 valence electrons.